The van der Waals surface area contributed by atoms with Gasteiger partial charge in [-0.15, -0.1) is 11.3 Å². The van der Waals surface area contributed by atoms with Gasteiger partial charge in [0, 0.05) is 22.2 Å². The normalized spacial score (nSPS) is 10.3. The van der Waals surface area contributed by atoms with Gasteiger partial charge in [-0.05, 0) is 26.0 Å². The summed E-state index contributed by atoms with van der Waals surface area (Å²) in [4.78, 5) is 16.5. The monoisotopic (exact) mass is 306 g/mol. The Hall–Kier alpha value is -2.08. The lowest BCUT2D eigenvalue weighted by Gasteiger charge is -2.12. The highest BCUT2D eigenvalue weighted by Crippen LogP contribution is 2.29. The molecule has 0 unspecified atom stereocenters. The van der Waals surface area contributed by atoms with Gasteiger partial charge < -0.3 is 14.8 Å². The summed E-state index contributed by atoms with van der Waals surface area (Å²) in [6, 6.07) is 3.42. The van der Waals surface area contributed by atoms with Crippen LogP contribution in [0.1, 0.15) is 26.6 Å². The molecule has 0 aliphatic rings. The van der Waals surface area contributed by atoms with Crippen molar-refractivity contribution in [2.75, 3.05) is 14.2 Å². The van der Waals surface area contributed by atoms with Crippen LogP contribution in [0.15, 0.2) is 17.5 Å². The Morgan fingerprint density at radius 2 is 1.86 bits per heavy atom. The summed E-state index contributed by atoms with van der Waals surface area (Å²) in [7, 11) is 3.14. The molecular formula is C15H18N2O3S. The number of benzene rings is 1. The molecular weight excluding hydrogens is 288 g/mol. The molecule has 0 saturated heterocycles. The highest BCUT2D eigenvalue weighted by molar-refractivity contribution is 7.09. The van der Waals surface area contributed by atoms with Gasteiger partial charge in [0.2, 0.25) is 0 Å². The van der Waals surface area contributed by atoms with E-state index in [-0.39, 0.29) is 5.91 Å². The van der Waals surface area contributed by atoms with Crippen molar-refractivity contribution in [3.8, 4) is 11.5 Å². The Bertz CT molecular complexity index is 627. The minimum Gasteiger partial charge on any atom is -0.496 e. The number of hydrogen-bond acceptors (Lipinski definition) is 5. The van der Waals surface area contributed by atoms with Gasteiger partial charge in [0.15, 0.2) is 0 Å². The van der Waals surface area contributed by atoms with E-state index in [0.717, 1.165) is 16.3 Å². The van der Waals surface area contributed by atoms with E-state index in [1.807, 2.05) is 19.2 Å². The zero-order valence-electron chi connectivity index (χ0n) is 12.5. The summed E-state index contributed by atoms with van der Waals surface area (Å²) in [6.07, 6.45) is 0. The lowest BCUT2D eigenvalue weighted by atomic mass is 10.1. The topological polar surface area (TPSA) is 60.5 Å². The van der Waals surface area contributed by atoms with Crippen molar-refractivity contribution >= 4 is 17.2 Å². The fourth-order valence-corrected chi connectivity index (χ4v) is 2.67. The number of aryl methyl sites for hydroxylation is 1. The number of hydrogen-bond donors (Lipinski definition) is 1. The molecule has 0 aliphatic carbocycles. The molecule has 0 spiro atoms. The molecule has 1 heterocycles. The number of nitrogens with zero attached hydrogens (tertiary/aromatic N) is 1. The van der Waals surface area contributed by atoms with Crippen LogP contribution >= 0.6 is 11.3 Å². The minimum absolute atomic E-state index is 0.181. The van der Waals surface area contributed by atoms with Crippen molar-refractivity contribution in [1.82, 2.24) is 10.3 Å². The van der Waals surface area contributed by atoms with Gasteiger partial charge in [-0.1, -0.05) is 0 Å². The molecule has 0 radical (unpaired) electrons. The van der Waals surface area contributed by atoms with Gasteiger partial charge in [-0.25, -0.2) is 4.98 Å². The maximum atomic E-state index is 12.2. The number of ether oxygens (including phenoxy) is 2. The zero-order valence-corrected chi connectivity index (χ0v) is 13.3. The van der Waals surface area contributed by atoms with E-state index in [2.05, 4.69) is 10.3 Å². The van der Waals surface area contributed by atoms with Gasteiger partial charge in [0.25, 0.3) is 5.91 Å². The first-order valence-electron chi connectivity index (χ1n) is 6.47. The first-order chi connectivity index (χ1) is 10.0. The molecule has 1 N–H and O–H groups in total. The molecule has 5 nitrogen and oxygen atoms in total. The summed E-state index contributed by atoms with van der Waals surface area (Å²) in [5.41, 5.74) is 2.33. The molecule has 0 atom stereocenters. The Morgan fingerprint density at radius 3 is 2.33 bits per heavy atom. The number of methoxy groups -OCH3 is 2. The number of carbonyl (C=O) groups excluding carboxylic acids is 1. The third-order valence-electron chi connectivity index (χ3n) is 3.08. The molecule has 2 aromatic rings. The number of rotatable bonds is 5. The predicted molar refractivity (Wildman–Crippen MR) is 82.3 cm³/mol. The van der Waals surface area contributed by atoms with Crippen molar-refractivity contribution in [3.63, 3.8) is 0 Å². The van der Waals surface area contributed by atoms with Gasteiger partial charge >= 0.3 is 0 Å². The maximum absolute atomic E-state index is 12.2. The third-order valence-corrected chi connectivity index (χ3v) is 4.05. The van der Waals surface area contributed by atoms with Crippen LogP contribution < -0.4 is 14.8 Å². The van der Waals surface area contributed by atoms with Crippen LogP contribution in [-0.2, 0) is 6.54 Å². The maximum Gasteiger partial charge on any atom is 0.251 e. The standard InChI is InChI=1S/C15H18N2O3S/c1-9-8-21-14(17-9)7-16-15(18)11-5-12(19-3)10(2)13(6-11)20-4/h5-6,8H,7H2,1-4H3,(H,16,18). The molecule has 1 amide bonds. The second-order valence-corrected chi connectivity index (χ2v) is 5.51. The van der Waals surface area contributed by atoms with E-state index in [0.29, 0.717) is 23.6 Å². The van der Waals surface area contributed by atoms with Gasteiger partial charge in [0.05, 0.1) is 20.8 Å². The van der Waals surface area contributed by atoms with Crippen molar-refractivity contribution < 1.29 is 14.3 Å². The summed E-state index contributed by atoms with van der Waals surface area (Å²) < 4.78 is 10.5. The van der Waals surface area contributed by atoms with Gasteiger partial charge in [0.1, 0.15) is 16.5 Å². The summed E-state index contributed by atoms with van der Waals surface area (Å²) in [5, 5.41) is 5.69. The summed E-state index contributed by atoms with van der Waals surface area (Å²) >= 11 is 1.53. The van der Waals surface area contributed by atoms with Crippen molar-refractivity contribution in [3.05, 3.63) is 39.3 Å². The van der Waals surface area contributed by atoms with E-state index in [1.165, 1.54) is 11.3 Å². The third kappa shape index (κ3) is 3.52. The highest BCUT2D eigenvalue weighted by atomic mass is 32.1. The summed E-state index contributed by atoms with van der Waals surface area (Å²) in [6.45, 7) is 4.23. The molecule has 1 aromatic carbocycles. The van der Waals surface area contributed by atoms with E-state index in [1.54, 1.807) is 26.4 Å². The lowest BCUT2D eigenvalue weighted by Crippen LogP contribution is -2.23. The van der Waals surface area contributed by atoms with Gasteiger partial charge in [-0.2, -0.15) is 0 Å². The highest BCUT2D eigenvalue weighted by Gasteiger charge is 2.13. The molecule has 0 bridgehead atoms. The Labute approximate surface area is 127 Å². The van der Waals surface area contributed by atoms with Gasteiger partial charge in [-0.3, -0.25) is 4.79 Å². The molecule has 112 valence electrons. The number of nitrogens with one attached hydrogen (secondary N) is 1. The summed E-state index contributed by atoms with van der Waals surface area (Å²) in [5.74, 6) is 1.08. The van der Waals surface area contributed by atoms with Crippen LogP contribution in [0.2, 0.25) is 0 Å². The van der Waals surface area contributed by atoms with Crippen LogP contribution in [0.25, 0.3) is 0 Å². The van der Waals surface area contributed by atoms with Crippen molar-refractivity contribution in [2.45, 2.75) is 20.4 Å². The van der Waals surface area contributed by atoms with Crippen LogP contribution in [0.3, 0.4) is 0 Å². The minimum atomic E-state index is -0.181. The quantitative estimate of drug-likeness (QED) is 0.922. The molecule has 1 aromatic heterocycles. The van der Waals surface area contributed by atoms with E-state index < -0.39 is 0 Å². The number of carbonyl (C=O) groups is 1. The van der Waals surface area contributed by atoms with Crippen LogP contribution in [0.4, 0.5) is 0 Å². The van der Waals surface area contributed by atoms with E-state index in [9.17, 15) is 4.79 Å². The average Bonchev–Trinajstić information content (AvgIpc) is 2.90. The fourth-order valence-electron chi connectivity index (χ4n) is 1.96. The molecule has 2 rings (SSSR count). The number of thiazole rings is 1. The SMILES string of the molecule is COc1cc(C(=O)NCc2nc(C)cs2)cc(OC)c1C. The number of amides is 1. The van der Waals surface area contributed by atoms with E-state index >= 15 is 0 Å². The lowest BCUT2D eigenvalue weighted by molar-refractivity contribution is 0.0950. The average molecular weight is 306 g/mol. The van der Waals surface area contributed by atoms with Crippen molar-refractivity contribution in [1.29, 1.82) is 0 Å². The second-order valence-electron chi connectivity index (χ2n) is 4.57. The van der Waals surface area contributed by atoms with Crippen LogP contribution in [-0.4, -0.2) is 25.1 Å². The Balaban J connectivity index is 2.15. The van der Waals surface area contributed by atoms with Crippen LogP contribution in [0.5, 0.6) is 11.5 Å². The molecule has 6 heteroatoms. The largest absolute Gasteiger partial charge is 0.496 e. The smallest absolute Gasteiger partial charge is 0.251 e. The van der Waals surface area contributed by atoms with Crippen LogP contribution in [0, 0.1) is 13.8 Å². The first-order valence-corrected chi connectivity index (χ1v) is 7.35. The Morgan fingerprint density at radius 1 is 1.24 bits per heavy atom. The number of aromatic nitrogens is 1. The molecule has 0 fully saturated rings. The fraction of sp³-hybridized carbons (Fsp3) is 0.333. The molecule has 21 heavy (non-hydrogen) atoms. The molecule has 0 aliphatic heterocycles. The second kappa shape index (κ2) is 6.58. The first kappa shape index (κ1) is 15.3. The predicted octanol–water partition coefficient (Wildman–Crippen LogP) is 2.71. The van der Waals surface area contributed by atoms with E-state index in [4.69, 9.17) is 9.47 Å². The van der Waals surface area contributed by atoms with Crippen molar-refractivity contribution in [2.24, 2.45) is 0 Å². The Kier molecular flexibility index (Phi) is 4.80. The molecule has 0 saturated carbocycles. The zero-order chi connectivity index (χ0) is 15.4.